The summed E-state index contributed by atoms with van der Waals surface area (Å²) in [5.41, 5.74) is 3.57. The third-order valence-corrected chi connectivity index (χ3v) is 4.25. The van der Waals surface area contributed by atoms with Crippen molar-refractivity contribution in [1.29, 1.82) is 5.26 Å². The van der Waals surface area contributed by atoms with Crippen LogP contribution in [0.15, 0.2) is 59.7 Å². The molecule has 0 bridgehead atoms. The summed E-state index contributed by atoms with van der Waals surface area (Å²) in [7, 11) is 0. The lowest BCUT2D eigenvalue weighted by molar-refractivity contribution is 0.121. The second kappa shape index (κ2) is 5.71. The average molecular weight is 327 g/mol. The smallest absolute Gasteiger partial charge is 0.147 e. The minimum Gasteiger partial charge on any atom is -0.484 e. The van der Waals surface area contributed by atoms with E-state index in [0.29, 0.717) is 17.9 Å². The Morgan fingerprint density at radius 2 is 1.96 bits per heavy atom. The third kappa shape index (κ3) is 2.74. The molecule has 4 heteroatoms. The van der Waals surface area contributed by atoms with Gasteiger partial charge in [0.05, 0.1) is 23.3 Å². The summed E-state index contributed by atoms with van der Waals surface area (Å²) in [5, 5.41) is 10.5. The highest BCUT2D eigenvalue weighted by molar-refractivity contribution is 6.15. The summed E-state index contributed by atoms with van der Waals surface area (Å²) in [4.78, 5) is 9.36. The zero-order chi connectivity index (χ0) is 17.4. The molecule has 4 nitrogen and oxygen atoms in total. The van der Waals surface area contributed by atoms with Crippen molar-refractivity contribution in [1.82, 2.24) is 4.98 Å². The zero-order valence-electron chi connectivity index (χ0n) is 14.2. The molecule has 0 saturated heterocycles. The fourth-order valence-corrected chi connectivity index (χ4v) is 3.03. The van der Waals surface area contributed by atoms with Crippen LogP contribution < -0.4 is 4.74 Å². The number of hydrogen-bond donors (Lipinski definition) is 0. The highest BCUT2D eigenvalue weighted by Gasteiger charge is 2.28. The van der Waals surface area contributed by atoms with Gasteiger partial charge < -0.3 is 4.74 Å². The number of ether oxygens (including phenoxy) is 1. The molecule has 3 aromatic rings. The van der Waals surface area contributed by atoms with Crippen LogP contribution in [0, 0.1) is 11.3 Å². The van der Waals surface area contributed by atoms with Crippen LogP contribution in [0.5, 0.6) is 5.75 Å². The van der Waals surface area contributed by atoms with Crippen LogP contribution in [0.2, 0.25) is 0 Å². The van der Waals surface area contributed by atoms with Gasteiger partial charge in [-0.3, -0.25) is 9.98 Å². The molecule has 1 aliphatic rings. The Morgan fingerprint density at radius 1 is 1.12 bits per heavy atom. The van der Waals surface area contributed by atoms with E-state index in [1.165, 1.54) is 0 Å². The molecule has 0 unspecified atom stereocenters. The van der Waals surface area contributed by atoms with Gasteiger partial charge in [0.25, 0.3) is 0 Å². The summed E-state index contributed by atoms with van der Waals surface area (Å²) in [6.45, 7) is 4.47. The number of nitriles is 1. The second-order valence-electron chi connectivity index (χ2n) is 6.74. The van der Waals surface area contributed by atoms with Crippen molar-refractivity contribution in [3.8, 4) is 11.8 Å². The van der Waals surface area contributed by atoms with Crippen molar-refractivity contribution < 1.29 is 4.74 Å². The fourth-order valence-electron chi connectivity index (χ4n) is 3.03. The van der Waals surface area contributed by atoms with Gasteiger partial charge in [-0.05, 0) is 38.1 Å². The van der Waals surface area contributed by atoms with E-state index in [9.17, 15) is 5.26 Å². The molecular formula is C21H17N3O. The van der Waals surface area contributed by atoms with E-state index >= 15 is 0 Å². The van der Waals surface area contributed by atoms with Crippen LogP contribution in [0.3, 0.4) is 0 Å². The SMILES string of the molecule is CC1(C)CN=C(c2cnc3ccccc3c2)c2cccc(C#N)c2O1. The number of aliphatic imine (C=N–C) groups is 1. The molecule has 2 heterocycles. The predicted octanol–water partition coefficient (Wildman–Crippen LogP) is 4.11. The van der Waals surface area contributed by atoms with Crippen LogP contribution in [-0.4, -0.2) is 22.8 Å². The lowest BCUT2D eigenvalue weighted by atomic mass is 9.99. The summed E-state index contributed by atoms with van der Waals surface area (Å²) >= 11 is 0. The summed E-state index contributed by atoms with van der Waals surface area (Å²) in [6, 6.07) is 17.9. The Balaban J connectivity index is 1.94. The number of pyridine rings is 1. The molecule has 0 N–H and O–H groups in total. The Labute approximate surface area is 146 Å². The van der Waals surface area contributed by atoms with Crippen LogP contribution in [0.1, 0.15) is 30.5 Å². The normalized spacial score (nSPS) is 15.5. The first-order valence-corrected chi connectivity index (χ1v) is 8.19. The van der Waals surface area contributed by atoms with Gasteiger partial charge in [-0.15, -0.1) is 0 Å². The molecule has 0 fully saturated rings. The maximum Gasteiger partial charge on any atom is 0.147 e. The zero-order valence-corrected chi connectivity index (χ0v) is 14.2. The van der Waals surface area contributed by atoms with E-state index in [4.69, 9.17) is 9.73 Å². The van der Waals surface area contributed by atoms with Gasteiger partial charge in [-0.25, -0.2) is 0 Å². The van der Waals surface area contributed by atoms with Crippen molar-refractivity contribution in [3.05, 3.63) is 71.4 Å². The van der Waals surface area contributed by atoms with E-state index in [1.54, 1.807) is 6.07 Å². The lowest BCUT2D eigenvalue weighted by Crippen LogP contribution is -2.31. The fraction of sp³-hybridized carbons (Fsp3) is 0.190. The molecule has 0 atom stereocenters. The highest BCUT2D eigenvalue weighted by Crippen LogP contribution is 2.33. The molecule has 0 radical (unpaired) electrons. The van der Waals surface area contributed by atoms with Crippen LogP contribution >= 0.6 is 0 Å². The molecule has 0 spiro atoms. The largest absolute Gasteiger partial charge is 0.484 e. The minimum atomic E-state index is -0.478. The van der Waals surface area contributed by atoms with Gasteiger partial charge in [0, 0.05) is 22.7 Å². The maximum atomic E-state index is 9.47. The van der Waals surface area contributed by atoms with Crippen molar-refractivity contribution in [3.63, 3.8) is 0 Å². The molecule has 4 rings (SSSR count). The number of benzene rings is 2. The number of hydrogen-bond acceptors (Lipinski definition) is 4. The highest BCUT2D eigenvalue weighted by atomic mass is 16.5. The molecule has 25 heavy (non-hydrogen) atoms. The number of rotatable bonds is 1. The second-order valence-corrected chi connectivity index (χ2v) is 6.74. The molecule has 1 aliphatic heterocycles. The molecule has 122 valence electrons. The van der Waals surface area contributed by atoms with E-state index < -0.39 is 5.60 Å². The van der Waals surface area contributed by atoms with Crippen LogP contribution in [0.25, 0.3) is 10.9 Å². The van der Waals surface area contributed by atoms with Crippen molar-refractivity contribution in [2.24, 2.45) is 4.99 Å². The summed E-state index contributed by atoms with van der Waals surface area (Å²) in [5.74, 6) is 0.597. The summed E-state index contributed by atoms with van der Waals surface area (Å²) < 4.78 is 6.15. The maximum absolute atomic E-state index is 9.47. The van der Waals surface area contributed by atoms with Gasteiger partial charge in [-0.1, -0.05) is 24.3 Å². The number of fused-ring (bicyclic) bond motifs is 2. The molecule has 0 saturated carbocycles. The minimum absolute atomic E-state index is 0.478. The number of para-hydroxylation sites is 2. The first kappa shape index (κ1) is 15.3. The molecule has 0 aliphatic carbocycles. The molecular weight excluding hydrogens is 310 g/mol. The van der Waals surface area contributed by atoms with E-state index in [-0.39, 0.29) is 0 Å². The molecule has 1 aromatic heterocycles. The first-order valence-electron chi connectivity index (χ1n) is 8.19. The molecule has 0 amide bonds. The van der Waals surface area contributed by atoms with E-state index in [0.717, 1.165) is 27.7 Å². The van der Waals surface area contributed by atoms with Gasteiger partial charge in [-0.2, -0.15) is 5.26 Å². The van der Waals surface area contributed by atoms with E-state index in [1.807, 2.05) is 56.4 Å². The first-order chi connectivity index (χ1) is 12.1. The van der Waals surface area contributed by atoms with Gasteiger partial charge in [0.1, 0.15) is 17.4 Å². The topological polar surface area (TPSA) is 58.3 Å². The average Bonchev–Trinajstić information content (AvgIpc) is 2.76. The number of nitrogens with zero attached hydrogens (tertiary/aromatic N) is 3. The van der Waals surface area contributed by atoms with Crippen molar-refractivity contribution in [2.45, 2.75) is 19.4 Å². The Bertz CT molecular complexity index is 1040. The monoisotopic (exact) mass is 327 g/mol. The van der Waals surface area contributed by atoms with Crippen LogP contribution in [-0.2, 0) is 0 Å². The lowest BCUT2D eigenvalue weighted by Gasteiger charge is -2.24. The summed E-state index contributed by atoms with van der Waals surface area (Å²) in [6.07, 6.45) is 1.84. The Kier molecular flexibility index (Phi) is 3.51. The Morgan fingerprint density at radius 3 is 2.80 bits per heavy atom. The quantitative estimate of drug-likeness (QED) is 0.675. The van der Waals surface area contributed by atoms with Gasteiger partial charge in [0.15, 0.2) is 0 Å². The van der Waals surface area contributed by atoms with Gasteiger partial charge >= 0.3 is 0 Å². The third-order valence-electron chi connectivity index (χ3n) is 4.25. The van der Waals surface area contributed by atoms with Crippen LogP contribution in [0.4, 0.5) is 0 Å². The van der Waals surface area contributed by atoms with Crippen molar-refractivity contribution in [2.75, 3.05) is 6.54 Å². The van der Waals surface area contributed by atoms with Crippen molar-refractivity contribution >= 4 is 16.6 Å². The molecule has 2 aromatic carbocycles. The van der Waals surface area contributed by atoms with E-state index in [2.05, 4.69) is 17.1 Å². The standard InChI is InChI=1S/C21H17N3O/c1-21(2)13-24-19(17-8-5-7-15(11-22)20(17)25-21)16-10-14-6-3-4-9-18(14)23-12-16/h3-10,12H,13H2,1-2H3. The predicted molar refractivity (Wildman–Crippen MR) is 98.1 cm³/mol. The number of aromatic nitrogens is 1. The Hall–Kier alpha value is -3.19. The van der Waals surface area contributed by atoms with Gasteiger partial charge in [0.2, 0.25) is 0 Å².